The van der Waals surface area contributed by atoms with Crippen LogP contribution in [0.25, 0.3) is 0 Å². The van der Waals surface area contributed by atoms with Crippen LogP contribution in [-0.4, -0.2) is 44.6 Å². The molecule has 0 aromatic carbocycles. The fourth-order valence-corrected chi connectivity index (χ4v) is 3.55. The fourth-order valence-electron chi connectivity index (χ4n) is 3.44. The van der Waals surface area contributed by atoms with E-state index in [2.05, 4.69) is 32.3 Å². The summed E-state index contributed by atoms with van der Waals surface area (Å²) in [5, 5.41) is 10.5. The Labute approximate surface area is 146 Å². The number of nitrogens with zero attached hydrogens (tertiary/aromatic N) is 3. The number of H-pyrrole nitrogens is 1. The van der Waals surface area contributed by atoms with Crippen molar-refractivity contribution in [3.8, 4) is 0 Å². The molecule has 2 N–H and O–H groups in total. The zero-order chi connectivity index (χ0) is 17.1. The van der Waals surface area contributed by atoms with E-state index in [0.29, 0.717) is 16.8 Å². The second kappa shape index (κ2) is 7.32. The Balaban J connectivity index is 1.67. The number of carbonyl (C=O) groups is 1. The van der Waals surface area contributed by atoms with Crippen molar-refractivity contribution in [3.63, 3.8) is 0 Å². The van der Waals surface area contributed by atoms with Gasteiger partial charge in [0.05, 0.1) is 11.1 Å². The maximum atomic E-state index is 12.6. The first kappa shape index (κ1) is 16.9. The van der Waals surface area contributed by atoms with Gasteiger partial charge in [0, 0.05) is 30.0 Å². The van der Waals surface area contributed by atoms with Crippen LogP contribution in [0.4, 0.5) is 5.82 Å². The molecule has 24 heavy (non-hydrogen) atoms. The number of likely N-dealkylation sites (tertiary alicyclic amines) is 1. The fraction of sp³-hybridized carbons (Fsp3) is 0.471. The molecular weight excluding hydrogens is 326 g/mol. The second-order valence-corrected chi connectivity index (χ2v) is 6.70. The first-order chi connectivity index (χ1) is 11.6. The van der Waals surface area contributed by atoms with Crippen molar-refractivity contribution in [2.45, 2.75) is 44.7 Å². The standard InChI is InChI=1S/C17H22ClN5O/c1-11-14(15-7-8-20-22-15)4-3-9-23(11)12(2)17(24)21-16-6-5-13(18)10-19-16/h5-8,10-12,14H,3-4,9H2,1-2H3,(H,20,22)(H,19,21,24)/t11-,12-,14-/m0/s1. The van der Waals surface area contributed by atoms with E-state index in [0.717, 1.165) is 25.1 Å². The second-order valence-electron chi connectivity index (χ2n) is 6.27. The van der Waals surface area contributed by atoms with Crippen LogP contribution in [0.5, 0.6) is 0 Å². The molecule has 0 unspecified atom stereocenters. The van der Waals surface area contributed by atoms with Gasteiger partial charge in [-0.3, -0.25) is 14.8 Å². The Morgan fingerprint density at radius 1 is 1.46 bits per heavy atom. The molecule has 0 radical (unpaired) electrons. The molecule has 0 aliphatic carbocycles. The van der Waals surface area contributed by atoms with E-state index in [1.807, 2.05) is 13.0 Å². The molecule has 0 spiro atoms. The minimum Gasteiger partial charge on any atom is -0.309 e. The molecule has 2 aromatic rings. The van der Waals surface area contributed by atoms with Crippen LogP contribution in [0, 0.1) is 0 Å². The van der Waals surface area contributed by atoms with Crippen LogP contribution in [0.2, 0.25) is 5.02 Å². The Morgan fingerprint density at radius 2 is 2.29 bits per heavy atom. The van der Waals surface area contributed by atoms with Gasteiger partial charge in [0.1, 0.15) is 5.82 Å². The number of carbonyl (C=O) groups excluding carboxylic acids is 1. The van der Waals surface area contributed by atoms with Crippen LogP contribution in [-0.2, 0) is 4.79 Å². The summed E-state index contributed by atoms with van der Waals surface area (Å²) in [4.78, 5) is 19.0. The Hall–Kier alpha value is -1.92. The van der Waals surface area contributed by atoms with Crippen molar-refractivity contribution in [1.82, 2.24) is 20.1 Å². The van der Waals surface area contributed by atoms with Gasteiger partial charge in [0.15, 0.2) is 0 Å². The van der Waals surface area contributed by atoms with Gasteiger partial charge in [-0.05, 0) is 51.4 Å². The number of nitrogens with one attached hydrogen (secondary N) is 2. The summed E-state index contributed by atoms with van der Waals surface area (Å²) < 4.78 is 0. The van der Waals surface area contributed by atoms with Crippen LogP contribution < -0.4 is 5.32 Å². The first-order valence-corrected chi connectivity index (χ1v) is 8.61. The summed E-state index contributed by atoms with van der Waals surface area (Å²) >= 11 is 5.82. The van der Waals surface area contributed by atoms with Gasteiger partial charge < -0.3 is 5.32 Å². The van der Waals surface area contributed by atoms with Crippen molar-refractivity contribution in [2.75, 3.05) is 11.9 Å². The largest absolute Gasteiger partial charge is 0.309 e. The van der Waals surface area contributed by atoms with E-state index in [1.54, 1.807) is 18.3 Å². The zero-order valence-electron chi connectivity index (χ0n) is 13.9. The SMILES string of the molecule is C[C@@H](C(=O)Nc1ccc(Cl)cn1)N1CCC[C@H](c2ccn[nH]2)[C@@H]1C. The number of aromatic nitrogens is 3. The van der Waals surface area contributed by atoms with Crippen molar-refractivity contribution >= 4 is 23.3 Å². The van der Waals surface area contributed by atoms with Gasteiger partial charge in [-0.15, -0.1) is 0 Å². The molecule has 3 rings (SSSR count). The van der Waals surface area contributed by atoms with Crippen molar-refractivity contribution in [2.24, 2.45) is 0 Å². The van der Waals surface area contributed by atoms with E-state index in [-0.39, 0.29) is 18.0 Å². The maximum absolute atomic E-state index is 12.6. The summed E-state index contributed by atoms with van der Waals surface area (Å²) in [6, 6.07) is 5.47. The molecular formula is C17H22ClN5O. The molecule has 7 heteroatoms. The summed E-state index contributed by atoms with van der Waals surface area (Å²) in [6.45, 7) is 5.03. The predicted octanol–water partition coefficient (Wildman–Crippen LogP) is 3.05. The lowest BCUT2D eigenvalue weighted by Gasteiger charge is -2.41. The minimum absolute atomic E-state index is 0.0538. The van der Waals surface area contributed by atoms with E-state index in [1.165, 1.54) is 6.20 Å². The highest BCUT2D eigenvalue weighted by Crippen LogP contribution is 2.32. The highest BCUT2D eigenvalue weighted by atomic mass is 35.5. The molecule has 128 valence electrons. The molecule has 1 fully saturated rings. The number of halogens is 1. The number of piperidine rings is 1. The van der Waals surface area contributed by atoms with Crippen LogP contribution in [0.1, 0.15) is 38.3 Å². The van der Waals surface area contributed by atoms with Crippen molar-refractivity contribution in [1.29, 1.82) is 0 Å². The monoisotopic (exact) mass is 347 g/mol. The number of hydrogen-bond donors (Lipinski definition) is 2. The Bertz CT molecular complexity index is 673. The summed E-state index contributed by atoms with van der Waals surface area (Å²) in [6.07, 6.45) is 5.47. The third kappa shape index (κ3) is 3.60. The molecule has 3 atom stereocenters. The van der Waals surface area contributed by atoms with Gasteiger partial charge in [-0.1, -0.05) is 11.6 Å². The quantitative estimate of drug-likeness (QED) is 0.891. The molecule has 1 aliphatic heterocycles. The normalized spacial score (nSPS) is 23.0. The minimum atomic E-state index is -0.233. The molecule has 1 aliphatic rings. The van der Waals surface area contributed by atoms with E-state index in [4.69, 9.17) is 11.6 Å². The van der Waals surface area contributed by atoms with E-state index >= 15 is 0 Å². The topological polar surface area (TPSA) is 73.9 Å². The molecule has 6 nitrogen and oxygen atoms in total. The number of aromatic amines is 1. The third-order valence-corrected chi connectivity index (χ3v) is 5.04. The molecule has 1 amide bonds. The third-order valence-electron chi connectivity index (χ3n) is 4.81. The number of amides is 1. The molecule has 3 heterocycles. The number of pyridine rings is 1. The van der Waals surface area contributed by atoms with Gasteiger partial charge in [0.2, 0.25) is 5.91 Å². The van der Waals surface area contributed by atoms with Gasteiger partial charge in [-0.2, -0.15) is 5.10 Å². The number of hydrogen-bond acceptors (Lipinski definition) is 4. The lowest BCUT2D eigenvalue weighted by Crippen LogP contribution is -2.51. The number of anilines is 1. The first-order valence-electron chi connectivity index (χ1n) is 8.23. The average Bonchev–Trinajstić information content (AvgIpc) is 3.11. The smallest absolute Gasteiger partial charge is 0.242 e. The van der Waals surface area contributed by atoms with Gasteiger partial charge in [-0.25, -0.2) is 4.98 Å². The van der Waals surface area contributed by atoms with E-state index in [9.17, 15) is 4.79 Å². The highest BCUT2D eigenvalue weighted by molar-refractivity contribution is 6.30. The molecule has 0 bridgehead atoms. The summed E-state index contributed by atoms with van der Waals surface area (Å²) in [7, 11) is 0. The highest BCUT2D eigenvalue weighted by Gasteiger charge is 2.34. The lowest BCUT2D eigenvalue weighted by molar-refractivity contribution is -0.122. The number of rotatable bonds is 4. The molecule has 1 saturated heterocycles. The van der Waals surface area contributed by atoms with Crippen LogP contribution >= 0.6 is 11.6 Å². The Kier molecular flexibility index (Phi) is 5.16. The van der Waals surface area contributed by atoms with Crippen LogP contribution in [0.15, 0.2) is 30.6 Å². The average molecular weight is 348 g/mol. The zero-order valence-corrected chi connectivity index (χ0v) is 14.6. The Morgan fingerprint density at radius 3 is 2.96 bits per heavy atom. The van der Waals surface area contributed by atoms with Crippen molar-refractivity contribution < 1.29 is 4.79 Å². The summed E-state index contributed by atoms with van der Waals surface area (Å²) in [5.41, 5.74) is 1.14. The predicted molar refractivity (Wildman–Crippen MR) is 94.1 cm³/mol. The molecule has 2 aromatic heterocycles. The molecule has 0 saturated carbocycles. The van der Waals surface area contributed by atoms with Gasteiger partial charge in [0.25, 0.3) is 0 Å². The van der Waals surface area contributed by atoms with Crippen molar-refractivity contribution in [3.05, 3.63) is 41.3 Å². The van der Waals surface area contributed by atoms with Gasteiger partial charge >= 0.3 is 0 Å². The lowest BCUT2D eigenvalue weighted by atomic mass is 9.86. The maximum Gasteiger partial charge on any atom is 0.242 e. The summed E-state index contributed by atoms with van der Waals surface area (Å²) in [5.74, 6) is 0.832. The van der Waals surface area contributed by atoms with Crippen LogP contribution in [0.3, 0.4) is 0 Å². The van der Waals surface area contributed by atoms with E-state index < -0.39 is 0 Å².